The van der Waals surface area contributed by atoms with Gasteiger partial charge in [-0.05, 0) is 30.0 Å². The number of carbonyl (C=O) groups is 1. The van der Waals surface area contributed by atoms with Crippen molar-refractivity contribution < 1.29 is 9.63 Å². The Hall–Kier alpha value is -2.20. The van der Waals surface area contributed by atoms with Crippen LogP contribution in [0.5, 0.6) is 0 Å². The molecule has 0 N–H and O–H groups in total. The van der Waals surface area contributed by atoms with Gasteiger partial charge in [-0.25, -0.2) is 4.79 Å². The van der Waals surface area contributed by atoms with E-state index in [1.807, 2.05) is 47.8 Å². The van der Waals surface area contributed by atoms with Crippen molar-refractivity contribution in [2.45, 2.75) is 6.92 Å². The number of benzene rings is 1. The summed E-state index contributed by atoms with van der Waals surface area (Å²) >= 11 is 1.55. The Morgan fingerprint density at radius 3 is 2.68 bits per heavy atom. The normalized spacial score (nSPS) is 11.7. The maximum Gasteiger partial charge on any atom is 0.358 e. The summed E-state index contributed by atoms with van der Waals surface area (Å²) < 4.78 is 0. The van der Waals surface area contributed by atoms with Gasteiger partial charge in [0.1, 0.15) is 0 Å². The first kappa shape index (κ1) is 13.2. The molecule has 0 amide bonds. The number of carbonyl (C=O) groups excluding carboxylic acids is 1. The summed E-state index contributed by atoms with van der Waals surface area (Å²) in [6, 6.07) is 13.4. The summed E-state index contributed by atoms with van der Waals surface area (Å²) in [6.45, 7) is 1.81. The van der Waals surface area contributed by atoms with E-state index >= 15 is 0 Å². The number of hydrogen-bond donors (Lipinski definition) is 0. The van der Waals surface area contributed by atoms with Gasteiger partial charge in [-0.1, -0.05) is 41.6 Å². The molecule has 0 aliphatic heterocycles. The Bertz CT molecular complexity index is 586. The smallest absolute Gasteiger partial charge is 0.313 e. The standard InChI is InChI=1S/C15H13NO2S/c1-12(14-8-5-11-19-14)16-18-15(17)10-9-13-6-3-2-4-7-13/h2-11H,1H3. The zero-order chi connectivity index (χ0) is 13.5. The molecular formula is C15H13NO2S. The lowest BCUT2D eigenvalue weighted by molar-refractivity contribution is -0.137. The minimum Gasteiger partial charge on any atom is -0.313 e. The van der Waals surface area contributed by atoms with Gasteiger partial charge in [0.15, 0.2) is 0 Å². The lowest BCUT2D eigenvalue weighted by Crippen LogP contribution is -1.98. The molecule has 0 spiro atoms. The Labute approximate surface area is 115 Å². The molecular weight excluding hydrogens is 258 g/mol. The first-order valence-electron chi connectivity index (χ1n) is 5.78. The fourth-order valence-electron chi connectivity index (χ4n) is 1.40. The van der Waals surface area contributed by atoms with E-state index in [0.717, 1.165) is 10.4 Å². The first-order valence-corrected chi connectivity index (χ1v) is 6.66. The second kappa shape index (κ2) is 6.66. The summed E-state index contributed by atoms with van der Waals surface area (Å²) in [5.74, 6) is -0.486. The third-order valence-electron chi connectivity index (χ3n) is 2.36. The predicted molar refractivity (Wildman–Crippen MR) is 78.1 cm³/mol. The highest BCUT2D eigenvalue weighted by Crippen LogP contribution is 2.10. The third kappa shape index (κ3) is 4.19. The molecule has 2 aromatic rings. The van der Waals surface area contributed by atoms with E-state index in [0.29, 0.717) is 5.71 Å². The third-order valence-corrected chi connectivity index (χ3v) is 3.34. The average Bonchev–Trinajstić information content (AvgIpc) is 2.98. The van der Waals surface area contributed by atoms with Crippen molar-refractivity contribution in [1.29, 1.82) is 0 Å². The monoisotopic (exact) mass is 271 g/mol. The van der Waals surface area contributed by atoms with Crippen molar-refractivity contribution in [2.75, 3.05) is 0 Å². The van der Waals surface area contributed by atoms with E-state index in [9.17, 15) is 4.79 Å². The number of thiophene rings is 1. The van der Waals surface area contributed by atoms with Crippen molar-refractivity contribution in [1.82, 2.24) is 0 Å². The van der Waals surface area contributed by atoms with E-state index in [1.54, 1.807) is 24.3 Å². The molecule has 4 heteroatoms. The van der Waals surface area contributed by atoms with Gasteiger partial charge in [-0.2, -0.15) is 0 Å². The van der Waals surface area contributed by atoms with Crippen molar-refractivity contribution in [3.8, 4) is 0 Å². The molecule has 2 rings (SSSR count). The highest BCUT2D eigenvalue weighted by Gasteiger charge is 2.00. The van der Waals surface area contributed by atoms with Crippen LogP contribution >= 0.6 is 11.3 Å². The van der Waals surface area contributed by atoms with Crippen LogP contribution in [0.25, 0.3) is 6.08 Å². The van der Waals surface area contributed by atoms with Crippen LogP contribution < -0.4 is 0 Å². The fraction of sp³-hybridized carbons (Fsp3) is 0.0667. The molecule has 0 fully saturated rings. The van der Waals surface area contributed by atoms with Crippen LogP contribution in [0.4, 0.5) is 0 Å². The van der Waals surface area contributed by atoms with Gasteiger partial charge < -0.3 is 4.84 Å². The molecule has 3 nitrogen and oxygen atoms in total. The zero-order valence-electron chi connectivity index (χ0n) is 10.4. The zero-order valence-corrected chi connectivity index (χ0v) is 11.3. The van der Waals surface area contributed by atoms with Gasteiger partial charge in [0.05, 0.1) is 10.6 Å². The first-order chi connectivity index (χ1) is 9.25. The Kier molecular flexibility index (Phi) is 4.64. The summed E-state index contributed by atoms with van der Waals surface area (Å²) in [4.78, 5) is 17.3. The summed E-state index contributed by atoms with van der Waals surface area (Å²) in [6.07, 6.45) is 3.05. The largest absolute Gasteiger partial charge is 0.358 e. The average molecular weight is 271 g/mol. The number of oxime groups is 1. The molecule has 96 valence electrons. The van der Waals surface area contributed by atoms with Crippen LogP contribution in [0.1, 0.15) is 17.4 Å². The molecule has 0 saturated carbocycles. The van der Waals surface area contributed by atoms with Gasteiger partial charge in [-0.15, -0.1) is 11.3 Å². The van der Waals surface area contributed by atoms with Crippen molar-refractivity contribution in [2.24, 2.45) is 5.16 Å². The van der Waals surface area contributed by atoms with Crippen LogP contribution in [-0.2, 0) is 9.63 Å². The number of rotatable bonds is 4. The highest BCUT2D eigenvalue weighted by molar-refractivity contribution is 7.12. The van der Waals surface area contributed by atoms with Gasteiger partial charge >= 0.3 is 5.97 Å². The SMILES string of the molecule is CC(=NOC(=O)C=Cc1ccccc1)c1cccs1. The molecule has 0 unspecified atom stereocenters. The van der Waals surface area contributed by atoms with Gasteiger partial charge in [-0.3, -0.25) is 0 Å². The van der Waals surface area contributed by atoms with Gasteiger partial charge in [0, 0.05) is 6.08 Å². The quantitative estimate of drug-likeness (QED) is 0.368. The van der Waals surface area contributed by atoms with Crippen LogP contribution in [-0.4, -0.2) is 11.7 Å². The molecule has 0 aliphatic rings. The maximum atomic E-state index is 11.5. The number of hydrogen-bond acceptors (Lipinski definition) is 4. The summed E-state index contributed by atoms with van der Waals surface area (Å²) in [7, 11) is 0. The van der Waals surface area contributed by atoms with Crippen LogP contribution in [0.2, 0.25) is 0 Å². The Morgan fingerprint density at radius 1 is 1.21 bits per heavy atom. The van der Waals surface area contributed by atoms with Crippen molar-refractivity contribution >= 4 is 29.1 Å². The van der Waals surface area contributed by atoms with Crippen molar-refractivity contribution in [3.63, 3.8) is 0 Å². The van der Waals surface area contributed by atoms with Gasteiger partial charge in [0.2, 0.25) is 0 Å². The van der Waals surface area contributed by atoms with E-state index in [2.05, 4.69) is 5.16 Å². The van der Waals surface area contributed by atoms with E-state index < -0.39 is 5.97 Å². The topological polar surface area (TPSA) is 38.7 Å². The van der Waals surface area contributed by atoms with Gasteiger partial charge in [0.25, 0.3) is 0 Å². The van der Waals surface area contributed by atoms with E-state index in [-0.39, 0.29) is 0 Å². The lowest BCUT2D eigenvalue weighted by atomic mass is 10.2. The minimum atomic E-state index is -0.486. The van der Waals surface area contributed by atoms with Crippen molar-refractivity contribution in [3.05, 3.63) is 64.4 Å². The Balaban J connectivity index is 1.92. The predicted octanol–water partition coefficient (Wildman–Crippen LogP) is 3.73. The second-order valence-corrected chi connectivity index (χ2v) is 4.76. The molecule has 0 saturated heterocycles. The Morgan fingerprint density at radius 2 is 2.00 bits per heavy atom. The number of nitrogens with zero attached hydrogens (tertiary/aromatic N) is 1. The second-order valence-electron chi connectivity index (χ2n) is 3.81. The van der Waals surface area contributed by atoms with Crippen LogP contribution in [0.3, 0.4) is 0 Å². The minimum absolute atomic E-state index is 0.486. The van der Waals surface area contributed by atoms with Crippen LogP contribution in [0.15, 0.2) is 59.1 Å². The summed E-state index contributed by atoms with van der Waals surface area (Å²) in [5.41, 5.74) is 1.63. The molecule has 0 atom stereocenters. The molecule has 0 aliphatic carbocycles. The van der Waals surface area contributed by atoms with E-state index in [1.165, 1.54) is 6.08 Å². The molecule has 1 aromatic heterocycles. The molecule has 0 bridgehead atoms. The molecule has 1 aromatic carbocycles. The summed E-state index contributed by atoms with van der Waals surface area (Å²) in [5, 5.41) is 5.75. The molecule has 0 radical (unpaired) electrons. The van der Waals surface area contributed by atoms with Crippen LogP contribution in [0, 0.1) is 0 Å². The highest BCUT2D eigenvalue weighted by atomic mass is 32.1. The molecule has 19 heavy (non-hydrogen) atoms. The molecule has 1 heterocycles. The maximum absolute atomic E-state index is 11.5. The van der Waals surface area contributed by atoms with E-state index in [4.69, 9.17) is 4.84 Å². The lowest BCUT2D eigenvalue weighted by Gasteiger charge is -1.95. The fourth-order valence-corrected chi connectivity index (χ4v) is 2.07.